The fourth-order valence-electron chi connectivity index (χ4n) is 0.821. The van der Waals surface area contributed by atoms with Gasteiger partial charge in [-0.15, -0.1) is 0 Å². The van der Waals surface area contributed by atoms with E-state index in [0.717, 1.165) is 6.42 Å². The molecule has 1 atom stereocenters. The minimum Gasteiger partial charge on any atom is -0.395 e. The Morgan fingerprint density at radius 3 is 2.50 bits per heavy atom. The molecule has 46 valence electrons. The predicted octanol–water partition coefficient (Wildman–Crippen LogP) is 0.348. The predicted molar refractivity (Wildman–Crippen MR) is 29.4 cm³/mol. The normalized spacial score (nSPS) is 37.0. The van der Waals surface area contributed by atoms with Crippen molar-refractivity contribution in [1.29, 1.82) is 0 Å². The highest BCUT2D eigenvalue weighted by molar-refractivity contribution is 5.90. The zero-order valence-corrected chi connectivity index (χ0v) is 4.98. The Morgan fingerprint density at radius 2 is 2.50 bits per heavy atom. The van der Waals surface area contributed by atoms with E-state index >= 15 is 0 Å². The summed E-state index contributed by atoms with van der Waals surface area (Å²) in [6.07, 6.45) is 1.53. The molecule has 0 amide bonds. The number of aliphatic hydroxyl groups is 1. The zero-order valence-electron chi connectivity index (χ0n) is 4.98. The van der Waals surface area contributed by atoms with Crippen LogP contribution in [0, 0.1) is 5.41 Å². The highest BCUT2D eigenvalue weighted by Gasteiger charge is 2.40. The average Bonchev–Trinajstić information content (AvgIpc) is 1.83. The van der Waals surface area contributed by atoms with Gasteiger partial charge in [-0.3, -0.25) is 4.79 Å². The third-order valence-corrected chi connectivity index (χ3v) is 1.93. The SMILES string of the molecule is CC1(CO)CCC1=O. The van der Waals surface area contributed by atoms with Crippen LogP contribution in [-0.2, 0) is 4.79 Å². The van der Waals surface area contributed by atoms with E-state index < -0.39 is 0 Å². The summed E-state index contributed by atoms with van der Waals surface area (Å²) < 4.78 is 0. The van der Waals surface area contributed by atoms with Crippen LogP contribution in [0.15, 0.2) is 0 Å². The van der Waals surface area contributed by atoms with E-state index in [2.05, 4.69) is 0 Å². The topological polar surface area (TPSA) is 37.3 Å². The highest BCUT2D eigenvalue weighted by atomic mass is 16.3. The minimum atomic E-state index is -0.361. The van der Waals surface area contributed by atoms with Gasteiger partial charge in [0, 0.05) is 11.8 Å². The molecule has 1 saturated carbocycles. The van der Waals surface area contributed by atoms with Crippen LogP contribution in [0.1, 0.15) is 19.8 Å². The molecule has 0 aromatic rings. The van der Waals surface area contributed by atoms with Crippen LogP contribution >= 0.6 is 0 Å². The number of carbonyl (C=O) groups is 1. The largest absolute Gasteiger partial charge is 0.395 e. The van der Waals surface area contributed by atoms with Gasteiger partial charge in [0.15, 0.2) is 0 Å². The van der Waals surface area contributed by atoms with E-state index in [1.165, 1.54) is 0 Å². The van der Waals surface area contributed by atoms with Gasteiger partial charge in [-0.1, -0.05) is 6.92 Å². The van der Waals surface area contributed by atoms with Crippen LogP contribution in [0.3, 0.4) is 0 Å². The summed E-state index contributed by atoms with van der Waals surface area (Å²) in [6.45, 7) is 1.82. The second kappa shape index (κ2) is 1.55. The van der Waals surface area contributed by atoms with Crippen molar-refractivity contribution in [2.75, 3.05) is 6.61 Å². The van der Waals surface area contributed by atoms with Gasteiger partial charge in [0.1, 0.15) is 5.78 Å². The number of carbonyl (C=O) groups excluding carboxylic acids is 1. The minimum absolute atomic E-state index is 0.0197. The lowest BCUT2D eigenvalue weighted by Gasteiger charge is -2.33. The summed E-state index contributed by atoms with van der Waals surface area (Å²) in [6, 6.07) is 0. The van der Waals surface area contributed by atoms with Crippen molar-refractivity contribution in [1.82, 2.24) is 0 Å². The molecule has 0 aliphatic heterocycles. The first kappa shape index (κ1) is 5.76. The summed E-state index contributed by atoms with van der Waals surface area (Å²) in [4.78, 5) is 10.6. The van der Waals surface area contributed by atoms with Gasteiger partial charge in [-0.2, -0.15) is 0 Å². The highest BCUT2D eigenvalue weighted by Crippen LogP contribution is 2.35. The van der Waals surface area contributed by atoms with Crippen molar-refractivity contribution in [3.8, 4) is 0 Å². The summed E-state index contributed by atoms with van der Waals surface area (Å²) in [5.74, 6) is 0.208. The molecule has 2 heteroatoms. The third-order valence-electron chi connectivity index (χ3n) is 1.93. The van der Waals surface area contributed by atoms with Crippen molar-refractivity contribution in [3.05, 3.63) is 0 Å². The van der Waals surface area contributed by atoms with E-state index in [0.29, 0.717) is 6.42 Å². The second-order valence-corrected chi connectivity index (χ2v) is 2.64. The summed E-state index contributed by atoms with van der Waals surface area (Å²) in [5, 5.41) is 8.59. The molecule has 0 bridgehead atoms. The first-order chi connectivity index (χ1) is 3.69. The average molecular weight is 114 g/mol. The number of ketones is 1. The second-order valence-electron chi connectivity index (χ2n) is 2.64. The van der Waals surface area contributed by atoms with Crippen molar-refractivity contribution in [2.45, 2.75) is 19.8 Å². The van der Waals surface area contributed by atoms with Gasteiger partial charge >= 0.3 is 0 Å². The van der Waals surface area contributed by atoms with E-state index in [-0.39, 0.29) is 17.8 Å². The summed E-state index contributed by atoms with van der Waals surface area (Å²) in [7, 11) is 0. The molecule has 1 fully saturated rings. The molecule has 0 heterocycles. The Bertz CT molecular complexity index is 116. The van der Waals surface area contributed by atoms with Crippen LogP contribution in [-0.4, -0.2) is 17.5 Å². The van der Waals surface area contributed by atoms with Crippen LogP contribution < -0.4 is 0 Å². The number of rotatable bonds is 1. The van der Waals surface area contributed by atoms with Crippen molar-refractivity contribution >= 4 is 5.78 Å². The smallest absolute Gasteiger partial charge is 0.141 e. The Kier molecular flexibility index (Phi) is 1.12. The molecule has 0 aromatic carbocycles. The van der Waals surface area contributed by atoms with Crippen LogP contribution in [0.4, 0.5) is 0 Å². The number of Topliss-reactive ketones (excluding diaryl/α,β-unsaturated/α-hetero) is 1. The molecule has 1 unspecified atom stereocenters. The van der Waals surface area contributed by atoms with E-state index in [9.17, 15) is 4.79 Å². The Morgan fingerprint density at radius 1 is 1.88 bits per heavy atom. The lowest BCUT2D eigenvalue weighted by atomic mass is 9.70. The zero-order chi connectivity index (χ0) is 6.20. The number of hydrogen-bond donors (Lipinski definition) is 1. The molecule has 0 aromatic heterocycles. The monoisotopic (exact) mass is 114 g/mol. The fourth-order valence-corrected chi connectivity index (χ4v) is 0.821. The Hall–Kier alpha value is -0.370. The van der Waals surface area contributed by atoms with Crippen molar-refractivity contribution < 1.29 is 9.90 Å². The lowest BCUT2D eigenvalue weighted by Crippen LogP contribution is -2.40. The molecule has 2 nitrogen and oxygen atoms in total. The molecule has 1 aliphatic carbocycles. The number of hydrogen-bond acceptors (Lipinski definition) is 2. The fraction of sp³-hybridized carbons (Fsp3) is 0.833. The maximum atomic E-state index is 10.6. The van der Waals surface area contributed by atoms with E-state index in [1.54, 1.807) is 6.92 Å². The quantitative estimate of drug-likeness (QED) is 0.534. The molecular weight excluding hydrogens is 104 g/mol. The molecule has 0 saturated heterocycles. The van der Waals surface area contributed by atoms with Gasteiger partial charge in [0.05, 0.1) is 6.61 Å². The Labute approximate surface area is 48.5 Å². The molecule has 1 aliphatic rings. The van der Waals surface area contributed by atoms with Gasteiger partial charge in [-0.05, 0) is 6.42 Å². The molecule has 0 radical (unpaired) electrons. The first-order valence-corrected chi connectivity index (χ1v) is 2.83. The van der Waals surface area contributed by atoms with Crippen LogP contribution in [0.25, 0.3) is 0 Å². The van der Waals surface area contributed by atoms with Crippen LogP contribution in [0.2, 0.25) is 0 Å². The van der Waals surface area contributed by atoms with Crippen LogP contribution in [0.5, 0.6) is 0 Å². The summed E-state index contributed by atoms with van der Waals surface area (Å²) >= 11 is 0. The summed E-state index contributed by atoms with van der Waals surface area (Å²) in [5.41, 5.74) is -0.361. The first-order valence-electron chi connectivity index (χ1n) is 2.83. The molecule has 8 heavy (non-hydrogen) atoms. The van der Waals surface area contributed by atoms with Gasteiger partial charge in [0.2, 0.25) is 0 Å². The van der Waals surface area contributed by atoms with E-state index in [4.69, 9.17) is 5.11 Å². The molecule has 1 N–H and O–H groups in total. The number of aliphatic hydroxyl groups excluding tert-OH is 1. The van der Waals surface area contributed by atoms with Gasteiger partial charge < -0.3 is 5.11 Å². The van der Waals surface area contributed by atoms with Crippen molar-refractivity contribution in [3.63, 3.8) is 0 Å². The third kappa shape index (κ3) is 0.564. The maximum absolute atomic E-state index is 10.6. The molecule has 0 spiro atoms. The van der Waals surface area contributed by atoms with Gasteiger partial charge in [-0.25, -0.2) is 0 Å². The molecular formula is C6H10O2. The molecule has 1 rings (SSSR count). The van der Waals surface area contributed by atoms with Crippen molar-refractivity contribution in [2.24, 2.45) is 5.41 Å². The maximum Gasteiger partial charge on any atom is 0.141 e. The standard InChI is InChI=1S/C6H10O2/c1-6(4-7)3-2-5(6)8/h7H,2-4H2,1H3. The Balaban J connectivity index is 2.55. The lowest BCUT2D eigenvalue weighted by molar-refractivity contribution is -0.139. The van der Waals surface area contributed by atoms with Gasteiger partial charge in [0.25, 0.3) is 0 Å². The van der Waals surface area contributed by atoms with E-state index in [1.807, 2.05) is 0 Å².